The number of nitrogens with zero attached hydrogens (tertiary/aromatic N) is 2. The molecule has 10 heteroatoms. The quantitative estimate of drug-likeness (QED) is 0.643. The van der Waals surface area contributed by atoms with Gasteiger partial charge in [0.05, 0.1) is 17.8 Å². The van der Waals surface area contributed by atoms with Crippen LogP contribution in [0.5, 0.6) is 5.75 Å². The molecule has 1 aromatic heterocycles. The van der Waals surface area contributed by atoms with E-state index in [0.717, 1.165) is 16.3 Å². The number of carbonyl (C=O) groups excluding carboxylic acids is 3. The summed E-state index contributed by atoms with van der Waals surface area (Å²) in [5.41, 5.74) is 3.57. The Labute approximate surface area is 185 Å². The van der Waals surface area contributed by atoms with Gasteiger partial charge in [0.15, 0.2) is 5.13 Å². The Morgan fingerprint density at radius 3 is 2.58 bits per heavy atom. The van der Waals surface area contributed by atoms with E-state index in [4.69, 9.17) is 9.47 Å². The lowest BCUT2D eigenvalue weighted by Gasteiger charge is -2.33. The van der Waals surface area contributed by atoms with Gasteiger partial charge in [-0.25, -0.2) is 25.0 Å². The number of rotatable bonds is 6. The standard InChI is InChI=1S/C21H28N4O5S/c1-6-29-20(28)25(21(3,4)5)24-19(27)30-17-9-7-8-15(12-17)10-11-16-13-31-18(23-16)22-14(2)26/h7-9,12-13H,6,10-11H2,1-5H3,(H,24,27)(H,22,23,26). The summed E-state index contributed by atoms with van der Waals surface area (Å²) in [6.45, 7) is 8.61. The summed E-state index contributed by atoms with van der Waals surface area (Å²) < 4.78 is 10.3. The van der Waals surface area contributed by atoms with Crippen LogP contribution in [-0.4, -0.2) is 40.2 Å². The average molecular weight is 449 g/mol. The normalized spacial score (nSPS) is 10.9. The van der Waals surface area contributed by atoms with Crippen molar-refractivity contribution < 1.29 is 23.9 Å². The summed E-state index contributed by atoms with van der Waals surface area (Å²) in [6.07, 6.45) is -0.104. The zero-order valence-electron chi connectivity index (χ0n) is 18.4. The molecule has 2 N–H and O–H groups in total. The third-order valence-corrected chi connectivity index (χ3v) is 4.74. The first kappa shape index (κ1) is 24.1. The molecule has 0 aliphatic heterocycles. The Bertz CT molecular complexity index is 922. The van der Waals surface area contributed by atoms with Crippen molar-refractivity contribution in [3.63, 3.8) is 0 Å². The third-order valence-electron chi connectivity index (χ3n) is 3.94. The Balaban J connectivity index is 1.96. The molecule has 1 aromatic carbocycles. The molecule has 0 aliphatic rings. The number of benzene rings is 1. The highest BCUT2D eigenvalue weighted by molar-refractivity contribution is 7.13. The van der Waals surface area contributed by atoms with Crippen molar-refractivity contribution in [3.05, 3.63) is 40.9 Å². The first-order valence-electron chi connectivity index (χ1n) is 9.85. The predicted octanol–water partition coefficient (Wildman–Crippen LogP) is 4.15. The van der Waals surface area contributed by atoms with Gasteiger partial charge in [-0.2, -0.15) is 0 Å². The molecule has 9 nitrogen and oxygen atoms in total. The number of nitrogens with one attached hydrogen (secondary N) is 2. The summed E-state index contributed by atoms with van der Waals surface area (Å²) in [7, 11) is 0. The van der Waals surface area contributed by atoms with Crippen molar-refractivity contribution in [1.82, 2.24) is 15.4 Å². The smallest absolute Gasteiger partial charge is 0.431 e. The van der Waals surface area contributed by atoms with Gasteiger partial charge in [0.25, 0.3) is 0 Å². The average Bonchev–Trinajstić information content (AvgIpc) is 3.10. The van der Waals surface area contributed by atoms with E-state index in [1.807, 2.05) is 11.4 Å². The topological polar surface area (TPSA) is 110 Å². The molecule has 0 aliphatic carbocycles. The highest BCUT2D eigenvalue weighted by Gasteiger charge is 2.30. The van der Waals surface area contributed by atoms with E-state index >= 15 is 0 Å². The van der Waals surface area contributed by atoms with Crippen LogP contribution >= 0.6 is 11.3 Å². The minimum atomic E-state index is -0.792. The first-order chi connectivity index (χ1) is 14.6. The van der Waals surface area contributed by atoms with Crippen molar-refractivity contribution in [2.75, 3.05) is 11.9 Å². The number of hydrazine groups is 1. The van der Waals surface area contributed by atoms with E-state index < -0.39 is 17.7 Å². The number of aryl methyl sites for hydroxylation is 2. The summed E-state index contributed by atoms with van der Waals surface area (Å²) >= 11 is 1.37. The largest absolute Gasteiger partial charge is 0.448 e. The van der Waals surface area contributed by atoms with Gasteiger partial charge in [0.1, 0.15) is 5.75 Å². The molecular formula is C21H28N4O5S. The molecule has 168 valence electrons. The molecule has 0 radical (unpaired) electrons. The predicted molar refractivity (Wildman–Crippen MR) is 118 cm³/mol. The van der Waals surface area contributed by atoms with E-state index in [-0.39, 0.29) is 12.5 Å². The molecule has 3 amide bonds. The van der Waals surface area contributed by atoms with E-state index in [1.165, 1.54) is 18.3 Å². The molecule has 1 heterocycles. The van der Waals surface area contributed by atoms with Crippen LogP contribution in [0.3, 0.4) is 0 Å². The number of carbonyl (C=O) groups is 3. The van der Waals surface area contributed by atoms with Crippen LogP contribution in [0.4, 0.5) is 14.7 Å². The summed E-state index contributed by atoms with van der Waals surface area (Å²) in [6, 6.07) is 7.12. The lowest BCUT2D eigenvalue weighted by Crippen LogP contribution is -2.56. The Kier molecular flexibility index (Phi) is 8.38. The lowest BCUT2D eigenvalue weighted by atomic mass is 10.1. The van der Waals surface area contributed by atoms with Gasteiger partial charge in [0.2, 0.25) is 5.91 Å². The van der Waals surface area contributed by atoms with E-state index in [1.54, 1.807) is 45.9 Å². The maximum Gasteiger partial charge on any atom is 0.431 e. The van der Waals surface area contributed by atoms with Gasteiger partial charge >= 0.3 is 12.2 Å². The number of hydrogen-bond donors (Lipinski definition) is 2. The third kappa shape index (κ3) is 7.89. The zero-order chi connectivity index (χ0) is 23.0. The second kappa shape index (κ2) is 10.8. The number of hydrogen-bond acceptors (Lipinski definition) is 7. The van der Waals surface area contributed by atoms with Crippen molar-refractivity contribution in [2.45, 2.75) is 53.0 Å². The van der Waals surface area contributed by atoms with Gasteiger partial charge in [0, 0.05) is 12.3 Å². The zero-order valence-corrected chi connectivity index (χ0v) is 19.2. The second-order valence-electron chi connectivity index (χ2n) is 7.68. The fraction of sp³-hybridized carbons (Fsp3) is 0.429. The van der Waals surface area contributed by atoms with Crippen molar-refractivity contribution in [3.8, 4) is 5.75 Å². The number of anilines is 1. The van der Waals surface area contributed by atoms with Crippen LogP contribution < -0.4 is 15.5 Å². The SMILES string of the molecule is CCOC(=O)N(NC(=O)Oc1cccc(CCc2csc(NC(C)=O)n2)c1)C(C)(C)C. The molecule has 0 unspecified atom stereocenters. The van der Waals surface area contributed by atoms with Crippen molar-refractivity contribution in [1.29, 1.82) is 0 Å². The number of aromatic nitrogens is 1. The second-order valence-corrected chi connectivity index (χ2v) is 8.54. The molecule has 0 spiro atoms. The van der Waals surface area contributed by atoms with Gasteiger partial charge in [-0.3, -0.25) is 4.79 Å². The van der Waals surface area contributed by atoms with Crippen LogP contribution in [0, 0.1) is 0 Å². The van der Waals surface area contributed by atoms with Crippen molar-refractivity contribution >= 4 is 34.6 Å². The summed E-state index contributed by atoms with van der Waals surface area (Å²) in [4.78, 5) is 39.9. The van der Waals surface area contributed by atoms with Crippen molar-refractivity contribution in [2.24, 2.45) is 0 Å². The van der Waals surface area contributed by atoms with Crippen LogP contribution in [0.25, 0.3) is 0 Å². The Morgan fingerprint density at radius 2 is 1.94 bits per heavy atom. The van der Waals surface area contributed by atoms with E-state index in [0.29, 0.717) is 23.7 Å². The summed E-state index contributed by atoms with van der Waals surface area (Å²) in [5, 5.41) is 6.23. The van der Waals surface area contributed by atoms with Crippen LogP contribution in [0.15, 0.2) is 29.6 Å². The Hall–Kier alpha value is -3.14. The number of thiazole rings is 1. The number of ether oxygens (including phenoxy) is 2. The molecule has 2 rings (SSSR count). The highest BCUT2D eigenvalue weighted by Crippen LogP contribution is 2.19. The number of amides is 3. The first-order valence-corrected chi connectivity index (χ1v) is 10.7. The maximum atomic E-state index is 12.3. The van der Waals surface area contributed by atoms with Crippen LogP contribution in [-0.2, 0) is 22.4 Å². The van der Waals surface area contributed by atoms with Gasteiger partial charge in [-0.1, -0.05) is 12.1 Å². The molecular weight excluding hydrogens is 420 g/mol. The monoisotopic (exact) mass is 448 g/mol. The van der Waals surface area contributed by atoms with Gasteiger partial charge in [-0.15, -0.1) is 11.3 Å². The molecule has 0 saturated carbocycles. The molecule has 0 bridgehead atoms. The fourth-order valence-corrected chi connectivity index (χ4v) is 3.35. The minimum Gasteiger partial charge on any atom is -0.448 e. The lowest BCUT2D eigenvalue weighted by molar-refractivity contribution is -0.114. The fourth-order valence-electron chi connectivity index (χ4n) is 2.56. The van der Waals surface area contributed by atoms with Crippen LogP contribution in [0.1, 0.15) is 45.9 Å². The Morgan fingerprint density at radius 1 is 1.19 bits per heavy atom. The van der Waals surface area contributed by atoms with E-state index in [9.17, 15) is 14.4 Å². The minimum absolute atomic E-state index is 0.156. The van der Waals surface area contributed by atoms with Gasteiger partial charge in [-0.05, 0) is 58.2 Å². The molecule has 0 atom stereocenters. The van der Waals surface area contributed by atoms with Crippen LogP contribution in [0.2, 0.25) is 0 Å². The summed E-state index contributed by atoms with van der Waals surface area (Å²) in [5.74, 6) is 0.196. The molecule has 0 fully saturated rings. The molecule has 31 heavy (non-hydrogen) atoms. The highest BCUT2D eigenvalue weighted by atomic mass is 32.1. The van der Waals surface area contributed by atoms with Gasteiger partial charge < -0.3 is 14.8 Å². The molecule has 0 saturated heterocycles. The van der Waals surface area contributed by atoms with E-state index in [2.05, 4.69) is 15.7 Å². The molecule has 2 aromatic rings. The maximum absolute atomic E-state index is 12.3.